The summed E-state index contributed by atoms with van der Waals surface area (Å²) in [5, 5.41) is 0. The van der Waals surface area contributed by atoms with Crippen molar-refractivity contribution in [1.29, 1.82) is 0 Å². The first-order valence-electron chi connectivity index (χ1n) is 8.77. The quantitative estimate of drug-likeness (QED) is 0.748. The molecule has 1 aliphatic heterocycles. The Labute approximate surface area is 155 Å². The van der Waals surface area contributed by atoms with E-state index in [1.807, 2.05) is 20.8 Å². The van der Waals surface area contributed by atoms with Crippen LogP contribution in [0.5, 0.6) is 0 Å². The zero-order chi connectivity index (χ0) is 19.5. The molecule has 0 aliphatic carbocycles. The van der Waals surface area contributed by atoms with Crippen molar-refractivity contribution in [3.8, 4) is 0 Å². The van der Waals surface area contributed by atoms with Crippen molar-refractivity contribution in [2.75, 3.05) is 19.3 Å². The number of hydrogen-bond acceptors (Lipinski definition) is 5. The first-order chi connectivity index (χ1) is 12.0. The second kappa shape index (κ2) is 7.78. The smallest absolute Gasteiger partial charge is 0.410 e. The van der Waals surface area contributed by atoms with Gasteiger partial charge in [-0.15, -0.1) is 0 Å². The number of amides is 1. The van der Waals surface area contributed by atoms with Gasteiger partial charge >= 0.3 is 6.09 Å². The van der Waals surface area contributed by atoms with E-state index >= 15 is 0 Å². The predicted octanol–water partition coefficient (Wildman–Crippen LogP) is 3.31. The van der Waals surface area contributed by atoms with E-state index in [-0.39, 0.29) is 22.7 Å². The number of ether oxygens (including phenoxy) is 1. The zero-order valence-electron chi connectivity index (χ0n) is 15.8. The highest BCUT2D eigenvalue weighted by Crippen LogP contribution is 2.24. The van der Waals surface area contributed by atoms with Gasteiger partial charge in [0, 0.05) is 31.3 Å². The zero-order valence-corrected chi connectivity index (χ0v) is 16.6. The number of piperidine rings is 1. The summed E-state index contributed by atoms with van der Waals surface area (Å²) in [4.78, 5) is 26.4. The number of carbonyl (C=O) groups excluding carboxylic acids is 2. The van der Waals surface area contributed by atoms with Crippen molar-refractivity contribution in [1.82, 2.24) is 4.90 Å². The van der Waals surface area contributed by atoms with Gasteiger partial charge in [-0.1, -0.05) is 12.1 Å². The molecule has 1 aromatic carbocycles. The van der Waals surface area contributed by atoms with E-state index in [1.54, 1.807) is 17.0 Å². The Morgan fingerprint density at radius 3 is 2.35 bits per heavy atom. The Hall–Kier alpha value is -1.89. The van der Waals surface area contributed by atoms with Crippen LogP contribution in [0.4, 0.5) is 4.79 Å². The minimum atomic E-state index is -3.33. The highest BCUT2D eigenvalue weighted by molar-refractivity contribution is 7.90. The van der Waals surface area contributed by atoms with Crippen LogP contribution in [-0.2, 0) is 14.6 Å². The molecule has 1 aromatic rings. The number of benzene rings is 1. The third-order valence-corrected chi connectivity index (χ3v) is 5.43. The number of carbonyl (C=O) groups is 2. The maximum Gasteiger partial charge on any atom is 0.410 e. The first-order valence-corrected chi connectivity index (χ1v) is 10.7. The van der Waals surface area contributed by atoms with E-state index in [2.05, 4.69) is 0 Å². The largest absolute Gasteiger partial charge is 0.444 e. The third-order valence-electron chi connectivity index (χ3n) is 4.32. The number of hydrogen-bond donors (Lipinski definition) is 0. The highest BCUT2D eigenvalue weighted by atomic mass is 32.2. The molecule has 0 saturated carbocycles. The molecule has 0 bridgehead atoms. The summed E-state index contributed by atoms with van der Waals surface area (Å²) in [6.07, 6.45) is 2.63. The van der Waals surface area contributed by atoms with Crippen molar-refractivity contribution >= 4 is 21.7 Å². The lowest BCUT2D eigenvalue weighted by atomic mass is 9.90. The molecule has 26 heavy (non-hydrogen) atoms. The molecule has 0 unspecified atom stereocenters. The Morgan fingerprint density at radius 1 is 1.19 bits per heavy atom. The average molecular weight is 381 g/mol. The summed E-state index contributed by atoms with van der Waals surface area (Å²) >= 11 is 0. The maximum atomic E-state index is 12.5. The monoisotopic (exact) mass is 381 g/mol. The minimum Gasteiger partial charge on any atom is -0.444 e. The average Bonchev–Trinajstić information content (AvgIpc) is 2.53. The minimum absolute atomic E-state index is 0.0637. The lowest BCUT2D eigenvalue weighted by Gasteiger charge is -2.33. The van der Waals surface area contributed by atoms with Crippen molar-refractivity contribution < 1.29 is 22.7 Å². The van der Waals surface area contributed by atoms with E-state index in [1.165, 1.54) is 12.1 Å². The third kappa shape index (κ3) is 5.83. The molecule has 1 saturated heterocycles. The Kier molecular flexibility index (Phi) is 6.11. The van der Waals surface area contributed by atoms with Crippen LogP contribution >= 0.6 is 0 Å². The van der Waals surface area contributed by atoms with Crippen LogP contribution in [0.3, 0.4) is 0 Å². The fraction of sp³-hybridized carbons (Fsp3) is 0.579. The summed E-state index contributed by atoms with van der Waals surface area (Å²) < 4.78 is 28.6. The van der Waals surface area contributed by atoms with Gasteiger partial charge in [0.2, 0.25) is 0 Å². The van der Waals surface area contributed by atoms with Crippen LogP contribution in [-0.4, -0.2) is 50.1 Å². The van der Waals surface area contributed by atoms with Crippen LogP contribution in [0.25, 0.3) is 0 Å². The number of likely N-dealkylation sites (tertiary alicyclic amines) is 1. The lowest BCUT2D eigenvalue weighted by Crippen LogP contribution is -2.42. The van der Waals surface area contributed by atoms with Gasteiger partial charge in [-0.25, -0.2) is 13.2 Å². The van der Waals surface area contributed by atoms with Crippen molar-refractivity contribution in [2.24, 2.45) is 5.92 Å². The molecule has 7 heteroatoms. The molecule has 144 valence electrons. The Bertz CT molecular complexity index is 771. The summed E-state index contributed by atoms with van der Waals surface area (Å²) in [6.45, 7) is 6.63. The Morgan fingerprint density at radius 2 is 1.81 bits per heavy atom. The molecule has 1 heterocycles. The summed E-state index contributed by atoms with van der Waals surface area (Å²) in [5.74, 6) is 0.120. The van der Waals surface area contributed by atoms with E-state index in [9.17, 15) is 18.0 Å². The van der Waals surface area contributed by atoms with Crippen LogP contribution in [0.1, 0.15) is 50.4 Å². The van der Waals surface area contributed by atoms with Gasteiger partial charge in [0.1, 0.15) is 5.60 Å². The van der Waals surface area contributed by atoms with Gasteiger partial charge in [-0.2, -0.15) is 0 Å². The number of sulfone groups is 1. The molecule has 0 spiro atoms. The normalized spacial score (nSPS) is 16.4. The Balaban J connectivity index is 1.91. The summed E-state index contributed by atoms with van der Waals surface area (Å²) in [5.41, 5.74) is -0.100. The van der Waals surface area contributed by atoms with Gasteiger partial charge < -0.3 is 9.64 Å². The highest BCUT2D eigenvalue weighted by Gasteiger charge is 2.28. The first kappa shape index (κ1) is 20.4. The van der Waals surface area contributed by atoms with Gasteiger partial charge in [-0.05, 0) is 51.7 Å². The molecule has 0 atom stereocenters. The molecular weight excluding hydrogens is 354 g/mol. The van der Waals surface area contributed by atoms with Crippen molar-refractivity contribution in [3.63, 3.8) is 0 Å². The molecular formula is C19H27NO5S. The number of Topliss-reactive ketones (excluding diaryl/α,β-unsaturated/α-hetero) is 1. The van der Waals surface area contributed by atoms with Crippen LogP contribution in [0.2, 0.25) is 0 Å². The summed E-state index contributed by atoms with van der Waals surface area (Å²) in [7, 11) is -3.33. The number of ketones is 1. The van der Waals surface area contributed by atoms with E-state index in [0.29, 0.717) is 25.1 Å². The number of rotatable bonds is 4. The SMILES string of the molecule is CC(C)(C)OC(=O)N1CCC(CC(=O)c2cccc(S(C)(=O)=O)c2)CC1. The fourth-order valence-corrected chi connectivity index (χ4v) is 3.59. The molecule has 1 fully saturated rings. The standard InChI is InChI=1S/C19H27NO5S/c1-19(2,3)25-18(22)20-10-8-14(9-11-20)12-17(21)15-6-5-7-16(13-15)26(4,23)24/h5-7,13-14H,8-12H2,1-4H3. The molecule has 1 amide bonds. The second-order valence-electron chi connectivity index (χ2n) is 7.84. The molecule has 1 aliphatic rings. The molecule has 0 aromatic heterocycles. The molecule has 0 radical (unpaired) electrons. The van der Waals surface area contributed by atoms with Gasteiger partial charge in [0.25, 0.3) is 0 Å². The van der Waals surface area contributed by atoms with Crippen LogP contribution in [0, 0.1) is 5.92 Å². The lowest BCUT2D eigenvalue weighted by molar-refractivity contribution is 0.0183. The van der Waals surface area contributed by atoms with Gasteiger partial charge in [-0.3, -0.25) is 4.79 Å². The topological polar surface area (TPSA) is 80.8 Å². The van der Waals surface area contributed by atoms with Crippen LogP contribution in [0.15, 0.2) is 29.2 Å². The number of nitrogens with zero attached hydrogens (tertiary/aromatic N) is 1. The molecule has 6 nitrogen and oxygen atoms in total. The van der Waals surface area contributed by atoms with E-state index in [0.717, 1.165) is 19.1 Å². The second-order valence-corrected chi connectivity index (χ2v) is 9.85. The molecule has 2 rings (SSSR count). The van der Waals surface area contributed by atoms with E-state index < -0.39 is 15.4 Å². The van der Waals surface area contributed by atoms with Crippen molar-refractivity contribution in [2.45, 2.75) is 50.5 Å². The van der Waals surface area contributed by atoms with Crippen LogP contribution < -0.4 is 0 Å². The van der Waals surface area contributed by atoms with Crippen molar-refractivity contribution in [3.05, 3.63) is 29.8 Å². The summed E-state index contributed by atoms with van der Waals surface area (Å²) in [6, 6.07) is 6.17. The van der Waals surface area contributed by atoms with Gasteiger partial charge in [0.05, 0.1) is 4.90 Å². The fourth-order valence-electron chi connectivity index (χ4n) is 2.93. The predicted molar refractivity (Wildman–Crippen MR) is 99.0 cm³/mol. The van der Waals surface area contributed by atoms with E-state index in [4.69, 9.17) is 4.74 Å². The molecule has 0 N–H and O–H groups in total. The van der Waals surface area contributed by atoms with Gasteiger partial charge in [0.15, 0.2) is 15.6 Å². The maximum absolute atomic E-state index is 12.5.